The fourth-order valence-electron chi connectivity index (χ4n) is 5.23. The van der Waals surface area contributed by atoms with E-state index < -0.39 is 30.4 Å². The predicted molar refractivity (Wildman–Crippen MR) is 169 cm³/mol. The molecule has 2 aromatic carbocycles. The first-order valence-corrected chi connectivity index (χ1v) is 15.5. The fraction of sp³-hybridized carbons (Fsp3) is 0.469. The molecule has 0 bridgehead atoms. The van der Waals surface area contributed by atoms with Crippen LogP contribution in [0.3, 0.4) is 0 Å². The van der Waals surface area contributed by atoms with Gasteiger partial charge in [0.1, 0.15) is 18.2 Å². The second kappa shape index (κ2) is 15.6. The number of amides is 1. The number of carbonyl (C=O) groups excluding carboxylic acids is 1. The SMILES string of the molecule is CNC(=O)c1cc(OCCOC)c(NCC#Cc2sc3c(NC4CCN(CC(C)O)CC4)cccc3c2CC(F)(F)F)cc1F. The number of methoxy groups -OCH3 is 1. The Bertz CT molecular complexity index is 1530. The summed E-state index contributed by atoms with van der Waals surface area (Å²) in [5.41, 5.74) is 0.933. The number of anilines is 2. The second-order valence-corrected chi connectivity index (χ2v) is 11.9. The highest BCUT2D eigenvalue weighted by atomic mass is 32.1. The summed E-state index contributed by atoms with van der Waals surface area (Å²) in [5.74, 6) is 4.60. The number of aliphatic hydroxyl groups excluding tert-OH is 1. The lowest BCUT2D eigenvalue weighted by molar-refractivity contribution is -0.126. The molecule has 13 heteroatoms. The number of alkyl halides is 3. The van der Waals surface area contributed by atoms with Crippen LogP contribution in [0.25, 0.3) is 10.1 Å². The lowest BCUT2D eigenvalue weighted by atomic mass is 10.0. The maximum atomic E-state index is 14.7. The molecule has 1 aliphatic heterocycles. The summed E-state index contributed by atoms with van der Waals surface area (Å²) in [6.07, 6.45) is -4.24. The molecule has 2 heterocycles. The third kappa shape index (κ3) is 9.46. The molecule has 1 fully saturated rings. The van der Waals surface area contributed by atoms with Gasteiger partial charge in [0.25, 0.3) is 5.91 Å². The predicted octanol–water partition coefficient (Wildman–Crippen LogP) is 5.25. The van der Waals surface area contributed by atoms with Crippen molar-refractivity contribution >= 4 is 38.7 Å². The minimum absolute atomic E-state index is 0.0186. The number of aliphatic hydroxyl groups is 1. The summed E-state index contributed by atoms with van der Waals surface area (Å²) >= 11 is 1.21. The largest absolute Gasteiger partial charge is 0.489 e. The van der Waals surface area contributed by atoms with E-state index in [-0.39, 0.29) is 48.4 Å². The van der Waals surface area contributed by atoms with E-state index in [0.29, 0.717) is 21.5 Å². The Morgan fingerprint density at radius 3 is 2.62 bits per heavy atom. The molecule has 4 N–H and O–H groups in total. The van der Waals surface area contributed by atoms with Crippen LogP contribution in [0.4, 0.5) is 28.9 Å². The number of nitrogens with zero attached hydrogens (tertiary/aromatic N) is 1. The van der Waals surface area contributed by atoms with Crippen molar-refractivity contribution in [1.29, 1.82) is 0 Å². The van der Waals surface area contributed by atoms with Gasteiger partial charge in [0.2, 0.25) is 0 Å². The van der Waals surface area contributed by atoms with Crippen molar-refractivity contribution in [2.24, 2.45) is 0 Å². The average molecular weight is 651 g/mol. The van der Waals surface area contributed by atoms with Crippen LogP contribution in [0.1, 0.15) is 40.6 Å². The molecule has 8 nitrogen and oxygen atoms in total. The number of piperidine rings is 1. The maximum Gasteiger partial charge on any atom is 0.393 e. The van der Waals surface area contributed by atoms with Gasteiger partial charge in [0.05, 0.1) is 52.2 Å². The van der Waals surface area contributed by atoms with E-state index in [0.717, 1.165) is 37.7 Å². The number of benzene rings is 2. The van der Waals surface area contributed by atoms with Gasteiger partial charge >= 0.3 is 6.18 Å². The normalized spacial score (nSPS) is 14.9. The number of β-amino-alcohol motifs (C(OH)–C–C–N with tert-alkyl or cyclic N) is 1. The highest BCUT2D eigenvalue weighted by Gasteiger charge is 2.31. The third-order valence-corrected chi connectivity index (χ3v) is 8.52. The van der Waals surface area contributed by atoms with E-state index >= 15 is 0 Å². The summed E-state index contributed by atoms with van der Waals surface area (Å²) in [7, 11) is 2.89. The van der Waals surface area contributed by atoms with Gasteiger partial charge in [0.15, 0.2) is 0 Å². The van der Waals surface area contributed by atoms with Gasteiger partial charge in [-0.1, -0.05) is 24.0 Å². The lowest BCUT2D eigenvalue weighted by Crippen LogP contribution is -2.41. The van der Waals surface area contributed by atoms with Gasteiger partial charge in [-0.3, -0.25) is 4.79 Å². The molecule has 0 radical (unpaired) electrons. The number of hydrogen-bond donors (Lipinski definition) is 4. The molecule has 3 aromatic rings. The Kier molecular flexibility index (Phi) is 11.9. The quantitative estimate of drug-likeness (QED) is 0.121. The third-order valence-electron chi connectivity index (χ3n) is 7.32. The van der Waals surface area contributed by atoms with E-state index in [1.807, 2.05) is 6.07 Å². The van der Waals surface area contributed by atoms with Crippen molar-refractivity contribution in [3.05, 3.63) is 52.2 Å². The highest BCUT2D eigenvalue weighted by Crippen LogP contribution is 2.39. The fourth-order valence-corrected chi connectivity index (χ4v) is 6.40. The van der Waals surface area contributed by atoms with E-state index in [1.54, 1.807) is 19.1 Å². The molecule has 0 saturated carbocycles. The van der Waals surface area contributed by atoms with E-state index in [1.165, 1.54) is 31.6 Å². The molecule has 1 atom stereocenters. The van der Waals surface area contributed by atoms with Crippen LogP contribution >= 0.6 is 11.3 Å². The topological polar surface area (TPSA) is 95.1 Å². The van der Waals surface area contributed by atoms with Gasteiger partial charge in [-0.15, -0.1) is 11.3 Å². The molecular weight excluding hydrogens is 612 g/mol. The number of hydrogen-bond acceptors (Lipinski definition) is 8. The number of likely N-dealkylation sites (tertiary alicyclic amines) is 1. The molecule has 1 aliphatic rings. The van der Waals surface area contributed by atoms with Crippen LogP contribution in [0.15, 0.2) is 30.3 Å². The highest BCUT2D eigenvalue weighted by molar-refractivity contribution is 7.20. The van der Waals surface area contributed by atoms with E-state index in [4.69, 9.17) is 9.47 Å². The van der Waals surface area contributed by atoms with Gasteiger partial charge < -0.3 is 35.4 Å². The number of nitrogens with one attached hydrogen (secondary N) is 3. The summed E-state index contributed by atoms with van der Waals surface area (Å²) in [4.78, 5) is 14.6. The van der Waals surface area contributed by atoms with Crippen LogP contribution in [-0.2, 0) is 11.2 Å². The zero-order chi connectivity index (χ0) is 32.6. The monoisotopic (exact) mass is 650 g/mol. The molecule has 45 heavy (non-hydrogen) atoms. The molecular formula is C32H38F4N4O4S. The first-order valence-electron chi connectivity index (χ1n) is 14.7. The molecule has 1 saturated heterocycles. The van der Waals surface area contributed by atoms with E-state index in [9.17, 15) is 27.5 Å². The molecule has 0 aliphatic carbocycles. The molecule has 4 rings (SSSR count). The van der Waals surface area contributed by atoms with Gasteiger partial charge in [-0.25, -0.2) is 4.39 Å². The number of thiophene rings is 1. The number of carbonyl (C=O) groups is 1. The number of rotatable bonds is 12. The van der Waals surface area contributed by atoms with Crippen molar-refractivity contribution < 1.29 is 36.9 Å². The van der Waals surface area contributed by atoms with Crippen LogP contribution in [0.2, 0.25) is 0 Å². The smallest absolute Gasteiger partial charge is 0.393 e. The van der Waals surface area contributed by atoms with E-state index in [2.05, 4.69) is 32.7 Å². The zero-order valence-corrected chi connectivity index (χ0v) is 26.3. The first-order chi connectivity index (χ1) is 21.5. The van der Waals surface area contributed by atoms with Crippen molar-refractivity contribution in [1.82, 2.24) is 10.2 Å². The summed E-state index contributed by atoms with van der Waals surface area (Å²) in [6, 6.07) is 7.87. The number of halogens is 4. The standard InChI is InChI=1S/C32H38F4N4O4S/c1-20(41)19-40-12-9-21(10-13-40)39-26-7-4-6-22-24(18-32(34,35)36)29(45-30(22)26)8-5-11-38-27-17-25(33)23(31(42)37-2)16-28(27)44-15-14-43-3/h4,6-7,16-17,20-21,38-39,41H,9-15,18-19H2,1-3H3,(H,37,42). The first kappa shape index (κ1) is 34.3. The molecule has 0 spiro atoms. The lowest BCUT2D eigenvalue weighted by Gasteiger charge is -2.33. The molecule has 1 unspecified atom stereocenters. The summed E-state index contributed by atoms with van der Waals surface area (Å²) in [5, 5.41) is 19.1. The average Bonchev–Trinajstić information content (AvgIpc) is 3.33. The minimum atomic E-state index is -4.43. The van der Waals surface area contributed by atoms with Crippen molar-refractivity contribution in [3.8, 4) is 17.6 Å². The number of ether oxygens (including phenoxy) is 2. The van der Waals surface area contributed by atoms with Crippen molar-refractivity contribution in [2.75, 3.05) is 64.2 Å². The Morgan fingerprint density at radius 2 is 1.96 bits per heavy atom. The Hall–Kier alpha value is -3.57. The molecule has 244 valence electrons. The van der Waals surface area contributed by atoms with Crippen molar-refractivity contribution in [2.45, 2.75) is 44.5 Å². The van der Waals surface area contributed by atoms with Gasteiger partial charge in [-0.05, 0) is 42.8 Å². The maximum absolute atomic E-state index is 14.7. The van der Waals surface area contributed by atoms with Crippen LogP contribution in [-0.4, -0.2) is 87.8 Å². The van der Waals surface area contributed by atoms with Gasteiger partial charge in [0, 0.05) is 45.9 Å². The minimum Gasteiger partial charge on any atom is -0.489 e. The zero-order valence-electron chi connectivity index (χ0n) is 25.4. The Morgan fingerprint density at radius 1 is 1.20 bits per heavy atom. The molecule has 1 amide bonds. The molecule has 1 aromatic heterocycles. The summed E-state index contributed by atoms with van der Waals surface area (Å²) < 4.78 is 67.1. The Balaban J connectivity index is 1.56. The van der Waals surface area contributed by atoms with Crippen molar-refractivity contribution in [3.63, 3.8) is 0 Å². The summed E-state index contributed by atoms with van der Waals surface area (Å²) in [6.45, 7) is 4.42. The van der Waals surface area contributed by atoms with Crippen LogP contribution in [0, 0.1) is 17.7 Å². The second-order valence-electron chi connectivity index (χ2n) is 10.9. The Labute approximate surface area is 264 Å². The number of fused-ring (bicyclic) bond motifs is 1. The van der Waals surface area contributed by atoms with Crippen LogP contribution in [0.5, 0.6) is 5.75 Å². The van der Waals surface area contributed by atoms with Crippen LogP contribution < -0.4 is 20.7 Å². The van der Waals surface area contributed by atoms with Gasteiger partial charge in [-0.2, -0.15) is 13.2 Å².